The third kappa shape index (κ3) is 4.28. The number of hydrogen-bond acceptors (Lipinski definition) is 5. The molecule has 1 aromatic rings. The molecule has 3 aliphatic heterocycles. The summed E-state index contributed by atoms with van der Waals surface area (Å²) in [7, 11) is 0. The molecule has 3 heterocycles. The molecule has 0 radical (unpaired) electrons. The lowest BCUT2D eigenvalue weighted by Crippen LogP contribution is -2.54. The van der Waals surface area contributed by atoms with Gasteiger partial charge in [0.05, 0.1) is 5.92 Å². The summed E-state index contributed by atoms with van der Waals surface area (Å²) in [6.07, 6.45) is 3.67. The first-order valence-corrected chi connectivity index (χ1v) is 11.4. The highest BCUT2D eigenvalue weighted by atomic mass is 32.2. The van der Waals surface area contributed by atoms with Crippen LogP contribution in [0, 0.1) is 5.92 Å². The fraction of sp³-hybridized carbons (Fsp3) is 0.571. The summed E-state index contributed by atoms with van der Waals surface area (Å²) < 4.78 is 5.49. The zero-order chi connectivity index (χ0) is 20.4. The Kier molecular flexibility index (Phi) is 6.10. The molecule has 2 unspecified atom stereocenters. The minimum absolute atomic E-state index is 0.00699. The van der Waals surface area contributed by atoms with E-state index in [2.05, 4.69) is 0 Å². The number of anilines is 1. The highest BCUT2D eigenvalue weighted by Crippen LogP contribution is 2.28. The van der Waals surface area contributed by atoms with Gasteiger partial charge in [0.25, 0.3) is 5.91 Å². The molecular formula is C21H27N3O4S. The average Bonchev–Trinajstić information content (AvgIpc) is 3.43. The molecule has 3 saturated heterocycles. The Bertz CT molecular complexity index is 771. The van der Waals surface area contributed by atoms with Crippen LogP contribution < -0.4 is 4.90 Å². The van der Waals surface area contributed by atoms with Crippen LogP contribution in [0.4, 0.5) is 5.69 Å². The van der Waals surface area contributed by atoms with Crippen molar-refractivity contribution < 1.29 is 19.1 Å². The first-order chi connectivity index (χ1) is 14.1. The summed E-state index contributed by atoms with van der Waals surface area (Å²) in [6, 6.07) is 7.86. The van der Waals surface area contributed by atoms with E-state index in [-0.39, 0.29) is 36.2 Å². The minimum atomic E-state index is -0.317. The maximum atomic E-state index is 13.0. The summed E-state index contributed by atoms with van der Waals surface area (Å²) in [4.78, 5) is 44.4. The zero-order valence-electron chi connectivity index (χ0n) is 16.7. The predicted molar refractivity (Wildman–Crippen MR) is 111 cm³/mol. The number of amides is 3. The largest absolute Gasteiger partial charge is 0.368 e. The van der Waals surface area contributed by atoms with Gasteiger partial charge in [0.2, 0.25) is 11.8 Å². The van der Waals surface area contributed by atoms with Gasteiger partial charge in [-0.15, -0.1) is 11.8 Å². The maximum absolute atomic E-state index is 13.0. The van der Waals surface area contributed by atoms with Crippen molar-refractivity contribution in [3.05, 3.63) is 24.3 Å². The Hall–Kier alpha value is -2.06. The van der Waals surface area contributed by atoms with Gasteiger partial charge in [0.1, 0.15) is 6.10 Å². The molecule has 0 spiro atoms. The summed E-state index contributed by atoms with van der Waals surface area (Å²) >= 11 is 1.66. The van der Waals surface area contributed by atoms with Crippen LogP contribution in [0.15, 0.2) is 29.2 Å². The van der Waals surface area contributed by atoms with Crippen LogP contribution in [-0.2, 0) is 19.1 Å². The molecule has 29 heavy (non-hydrogen) atoms. The summed E-state index contributed by atoms with van der Waals surface area (Å²) in [6.45, 7) is 3.18. The number of carbonyl (C=O) groups is 3. The van der Waals surface area contributed by atoms with Gasteiger partial charge in [-0.1, -0.05) is 0 Å². The van der Waals surface area contributed by atoms with E-state index in [4.69, 9.17) is 4.74 Å². The molecule has 3 amide bonds. The molecule has 0 saturated carbocycles. The van der Waals surface area contributed by atoms with E-state index in [1.54, 1.807) is 26.5 Å². The number of nitrogens with zero attached hydrogens (tertiary/aromatic N) is 3. The van der Waals surface area contributed by atoms with E-state index < -0.39 is 0 Å². The van der Waals surface area contributed by atoms with Crippen molar-refractivity contribution in [2.75, 3.05) is 50.5 Å². The third-order valence-corrected chi connectivity index (χ3v) is 6.71. The van der Waals surface area contributed by atoms with E-state index in [0.717, 1.165) is 23.4 Å². The van der Waals surface area contributed by atoms with Crippen molar-refractivity contribution in [2.24, 2.45) is 5.92 Å². The van der Waals surface area contributed by atoms with Gasteiger partial charge in [-0.3, -0.25) is 14.4 Å². The van der Waals surface area contributed by atoms with Crippen LogP contribution in [0.25, 0.3) is 0 Å². The number of benzene rings is 1. The lowest BCUT2D eigenvalue weighted by atomic mass is 10.1. The van der Waals surface area contributed by atoms with Gasteiger partial charge in [-0.25, -0.2) is 0 Å². The Morgan fingerprint density at radius 3 is 2.28 bits per heavy atom. The number of carbonyl (C=O) groups excluding carboxylic acids is 3. The second kappa shape index (κ2) is 8.75. The minimum Gasteiger partial charge on any atom is -0.368 e. The molecule has 0 aromatic heterocycles. The zero-order valence-corrected chi connectivity index (χ0v) is 17.5. The summed E-state index contributed by atoms with van der Waals surface area (Å²) in [5.74, 6) is -0.258. The quantitative estimate of drug-likeness (QED) is 0.696. The molecule has 3 aliphatic rings. The van der Waals surface area contributed by atoms with Crippen molar-refractivity contribution in [3.63, 3.8) is 0 Å². The van der Waals surface area contributed by atoms with Crippen LogP contribution in [0.5, 0.6) is 0 Å². The highest BCUT2D eigenvalue weighted by molar-refractivity contribution is 7.98. The molecule has 2 atom stereocenters. The number of rotatable bonds is 4. The lowest BCUT2D eigenvalue weighted by molar-refractivity contribution is -0.147. The van der Waals surface area contributed by atoms with Gasteiger partial charge in [-0.05, 0) is 43.4 Å². The molecule has 156 valence electrons. The standard InChI is InChI=1S/C21H27N3O4S/c1-29-17-6-4-16(5-7-17)24-14-15(13-19(24)25)20(26)22-8-10-23(11-9-22)21(27)18-3-2-12-28-18/h4-7,15,18H,2-3,8-14H2,1H3. The van der Waals surface area contributed by atoms with Gasteiger partial charge in [-0.2, -0.15) is 0 Å². The number of hydrogen-bond donors (Lipinski definition) is 0. The highest BCUT2D eigenvalue weighted by Gasteiger charge is 2.39. The maximum Gasteiger partial charge on any atom is 0.251 e. The Morgan fingerprint density at radius 2 is 1.69 bits per heavy atom. The smallest absolute Gasteiger partial charge is 0.251 e. The summed E-state index contributed by atoms with van der Waals surface area (Å²) in [5, 5.41) is 0. The normalized spacial score (nSPS) is 25.0. The molecule has 7 nitrogen and oxygen atoms in total. The van der Waals surface area contributed by atoms with E-state index in [1.165, 1.54) is 0 Å². The molecule has 4 rings (SSSR count). The van der Waals surface area contributed by atoms with E-state index in [1.807, 2.05) is 30.5 Å². The van der Waals surface area contributed by atoms with Gasteiger partial charge in [0, 0.05) is 56.3 Å². The molecule has 3 fully saturated rings. The average molecular weight is 418 g/mol. The fourth-order valence-electron chi connectivity index (χ4n) is 4.27. The first kappa shape index (κ1) is 20.2. The Balaban J connectivity index is 1.32. The number of ether oxygens (including phenoxy) is 1. The van der Waals surface area contributed by atoms with Crippen LogP contribution in [0.1, 0.15) is 19.3 Å². The first-order valence-electron chi connectivity index (χ1n) is 10.2. The van der Waals surface area contributed by atoms with Crippen molar-refractivity contribution in [1.29, 1.82) is 0 Å². The van der Waals surface area contributed by atoms with Gasteiger partial charge < -0.3 is 19.4 Å². The topological polar surface area (TPSA) is 70.2 Å². The Morgan fingerprint density at radius 1 is 1.03 bits per heavy atom. The second-order valence-corrected chi connectivity index (χ2v) is 8.64. The lowest BCUT2D eigenvalue weighted by Gasteiger charge is -2.36. The van der Waals surface area contributed by atoms with Crippen molar-refractivity contribution in [1.82, 2.24) is 9.80 Å². The number of thioether (sulfide) groups is 1. The van der Waals surface area contributed by atoms with Crippen molar-refractivity contribution >= 4 is 35.2 Å². The SMILES string of the molecule is CSc1ccc(N2CC(C(=O)N3CCN(C(=O)C4CCCO4)CC3)CC2=O)cc1. The molecule has 1 aromatic carbocycles. The summed E-state index contributed by atoms with van der Waals surface area (Å²) in [5.41, 5.74) is 0.843. The Labute approximate surface area is 175 Å². The van der Waals surface area contributed by atoms with Crippen LogP contribution >= 0.6 is 11.8 Å². The van der Waals surface area contributed by atoms with Crippen molar-refractivity contribution in [2.45, 2.75) is 30.3 Å². The van der Waals surface area contributed by atoms with Crippen LogP contribution in [0.2, 0.25) is 0 Å². The van der Waals surface area contributed by atoms with Crippen LogP contribution in [0.3, 0.4) is 0 Å². The molecule has 0 bridgehead atoms. The number of piperazine rings is 1. The third-order valence-electron chi connectivity index (χ3n) is 5.97. The molecule has 0 N–H and O–H groups in total. The molecule has 0 aliphatic carbocycles. The van der Waals surface area contributed by atoms with E-state index in [0.29, 0.717) is 39.3 Å². The monoisotopic (exact) mass is 417 g/mol. The second-order valence-electron chi connectivity index (χ2n) is 7.76. The molecule has 8 heteroatoms. The van der Waals surface area contributed by atoms with Crippen LogP contribution in [-0.4, -0.2) is 79.2 Å². The van der Waals surface area contributed by atoms with Gasteiger partial charge in [0.15, 0.2) is 0 Å². The van der Waals surface area contributed by atoms with E-state index >= 15 is 0 Å². The molecular weight excluding hydrogens is 390 g/mol. The van der Waals surface area contributed by atoms with E-state index in [9.17, 15) is 14.4 Å². The van der Waals surface area contributed by atoms with Gasteiger partial charge >= 0.3 is 0 Å². The van der Waals surface area contributed by atoms with Crippen molar-refractivity contribution in [3.8, 4) is 0 Å². The fourth-order valence-corrected chi connectivity index (χ4v) is 4.67. The predicted octanol–water partition coefficient (Wildman–Crippen LogP) is 1.61.